The maximum absolute atomic E-state index is 6.22. The van der Waals surface area contributed by atoms with Crippen LogP contribution in [0.25, 0.3) is 0 Å². The van der Waals surface area contributed by atoms with E-state index in [4.69, 9.17) is 23.2 Å². The minimum absolute atomic E-state index is 0.0996. The monoisotopic (exact) mass is 309 g/mol. The fourth-order valence-corrected chi connectivity index (χ4v) is 2.46. The molecule has 0 saturated carbocycles. The highest BCUT2D eigenvalue weighted by Gasteiger charge is 2.18. The van der Waals surface area contributed by atoms with Crippen molar-refractivity contribution in [3.63, 3.8) is 0 Å². The van der Waals surface area contributed by atoms with Crippen LogP contribution >= 0.6 is 23.2 Å². The Labute approximate surface area is 129 Å². The summed E-state index contributed by atoms with van der Waals surface area (Å²) in [4.78, 5) is 10.9. The smallest absolute Gasteiger partial charge is 0.171 e. The van der Waals surface area contributed by atoms with Crippen LogP contribution in [0.4, 0.5) is 5.82 Å². The van der Waals surface area contributed by atoms with Gasteiger partial charge in [-0.2, -0.15) is 0 Å². The molecule has 0 bridgehead atoms. The topological polar surface area (TPSA) is 29.0 Å². The normalized spacial score (nSPS) is 12.3. The number of halogens is 2. The van der Waals surface area contributed by atoms with E-state index in [0.717, 1.165) is 22.0 Å². The zero-order chi connectivity index (χ0) is 14.9. The summed E-state index contributed by atoms with van der Waals surface area (Å²) in [6.07, 6.45) is 0. The Hall–Kier alpha value is -1.32. The third-order valence-electron chi connectivity index (χ3n) is 3.49. The lowest BCUT2D eigenvalue weighted by molar-refractivity contribution is 0.723. The van der Waals surface area contributed by atoms with Gasteiger partial charge in [0.05, 0.1) is 17.4 Å². The predicted molar refractivity (Wildman–Crippen MR) is 84.8 cm³/mol. The molecule has 2 rings (SSSR count). The van der Waals surface area contributed by atoms with Gasteiger partial charge in [0, 0.05) is 12.1 Å². The quantitative estimate of drug-likeness (QED) is 0.830. The third kappa shape index (κ3) is 3.05. The SMILES string of the molecule is Cc1nc(Cl)c(N(C)C(C)c2cccc(Cl)c2)nc1C. The van der Waals surface area contributed by atoms with Crippen molar-refractivity contribution in [1.82, 2.24) is 9.97 Å². The molecular weight excluding hydrogens is 293 g/mol. The standard InChI is InChI=1S/C15H17Cl2N3/c1-9-10(2)19-15(14(17)18-9)20(4)11(3)12-6-5-7-13(16)8-12/h5-8,11H,1-4H3. The lowest BCUT2D eigenvalue weighted by Crippen LogP contribution is -2.23. The molecule has 0 radical (unpaired) electrons. The summed E-state index contributed by atoms with van der Waals surface area (Å²) < 4.78 is 0. The van der Waals surface area contributed by atoms with Gasteiger partial charge < -0.3 is 4.90 Å². The largest absolute Gasteiger partial charge is 0.350 e. The van der Waals surface area contributed by atoms with Crippen LogP contribution in [0, 0.1) is 13.8 Å². The molecule has 0 spiro atoms. The summed E-state index contributed by atoms with van der Waals surface area (Å²) in [6, 6.07) is 7.89. The van der Waals surface area contributed by atoms with Crippen molar-refractivity contribution in [3.8, 4) is 0 Å². The van der Waals surface area contributed by atoms with Crippen LogP contribution < -0.4 is 4.90 Å². The first-order valence-corrected chi connectivity index (χ1v) is 7.14. The van der Waals surface area contributed by atoms with Gasteiger partial charge in [-0.25, -0.2) is 9.97 Å². The third-order valence-corrected chi connectivity index (χ3v) is 3.98. The molecule has 1 unspecified atom stereocenters. The summed E-state index contributed by atoms with van der Waals surface area (Å²) in [7, 11) is 1.95. The van der Waals surface area contributed by atoms with Crippen LogP contribution in [0.2, 0.25) is 10.2 Å². The average molecular weight is 310 g/mol. The summed E-state index contributed by atoms with van der Waals surface area (Å²) in [5.41, 5.74) is 2.84. The predicted octanol–water partition coefficient (Wildman–Crippen LogP) is 4.60. The van der Waals surface area contributed by atoms with Gasteiger partial charge in [0.15, 0.2) is 11.0 Å². The molecule has 1 atom stereocenters. The van der Waals surface area contributed by atoms with Crippen molar-refractivity contribution in [2.24, 2.45) is 0 Å². The van der Waals surface area contributed by atoms with E-state index in [9.17, 15) is 0 Å². The summed E-state index contributed by atoms with van der Waals surface area (Å²) in [5.74, 6) is 0.683. The van der Waals surface area contributed by atoms with E-state index in [1.165, 1.54) is 0 Å². The maximum Gasteiger partial charge on any atom is 0.171 e. The minimum Gasteiger partial charge on any atom is -0.350 e. The highest BCUT2D eigenvalue weighted by atomic mass is 35.5. The molecule has 0 saturated heterocycles. The number of hydrogen-bond donors (Lipinski definition) is 0. The summed E-state index contributed by atoms with van der Waals surface area (Å²) >= 11 is 12.3. The van der Waals surface area contributed by atoms with Gasteiger partial charge in [-0.05, 0) is 38.5 Å². The van der Waals surface area contributed by atoms with Crippen molar-refractivity contribution in [1.29, 1.82) is 0 Å². The van der Waals surface area contributed by atoms with Crippen LogP contribution in [0.3, 0.4) is 0 Å². The highest BCUT2D eigenvalue weighted by Crippen LogP contribution is 2.30. The molecule has 0 aliphatic heterocycles. The van der Waals surface area contributed by atoms with Crippen LogP contribution in [0.5, 0.6) is 0 Å². The second-order valence-corrected chi connectivity index (χ2v) is 5.65. The average Bonchev–Trinajstić information content (AvgIpc) is 2.41. The first-order chi connectivity index (χ1) is 9.40. The van der Waals surface area contributed by atoms with E-state index >= 15 is 0 Å². The van der Waals surface area contributed by atoms with Crippen molar-refractivity contribution >= 4 is 29.0 Å². The molecule has 0 aliphatic rings. The van der Waals surface area contributed by atoms with Gasteiger partial charge in [0.25, 0.3) is 0 Å². The Morgan fingerprint density at radius 1 is 1.10 bits per heavy atom. The first-order valence-electron chi connectivity index (χ1n) is 6.39. The molecule has 0 aliphatic carbocycles. The minimum atomic E-state index is 0.0996. The number of rotatable bonds is 3. The molecule has 3 nitrogen and oxygen atoms in total. The molecule has 1 aromatic heterocycles. The van der Waals surface area contributed by atoms with Gasteiger partial charge in [-0.15, -0.1) is 0 Å². The molecule has 0 amide bonds. The molecule has 20 heavy (non-hydrogen) atoms. The molecule has 0 N–H and O–H groups in total. The Balaban J connectivity index is 2.36. The summed E-state index contributed by atoms with van der Waals surface area (Å²) in [5, 5.41) is 1.14. The number of aromatic nitrogens is 2. The fraction of sp³-hybridized carbons (Fsp3) is 0.333. The Morgan fingerprint density at radius 2 is 1.75 bits per heavy atom. The Kier molecular flexibility index (Phi) is 4.51. The summed E-state index contributed by atoms with van der Waals surface area (Å²) in [6.45, 7) is 5.91. The molecule has 2 aromatic rings. The Bertz CT molecular complexity index is 629. The molecular formula is C15H17Cl2N3. The van der Waals surface area contributed by atoms with Crippen LogP contribution in [-0.4, -0.2) is 17.0 Å². The van der Waals surface area contributed by atoms with E-state index in [1.807, 2.05) is 50.1 Å². The van der Waals surface area contributed by atoms with Gasteiger partial charge in [0.2, 0.25) is 0 Å². The van der Waals surface area contributed by atoms with Gasteiger partial charge in [-0.3, -0.25) is 0 Å². The molecule has 5 heteroatoms. The zero-order valence-corrected chi connectivity index (χ0v) is 13.5. The molecule has 1 aromatic carbocycles. The highest BCUT2D eigenvalue weighted by molar-refractivity contribution is 6.31. The van der Waals surface area contributed by atoms with E-state index < -0.39 is 0 Å². The van der Waals surface area contributed by atoms with Crippen LogP contribution in [-0.2, 0) is 0 Å². The van der Waals surface area contributed by atoms with E-state index in [-0.39, 0.29) is 6.04 Å². The molecule has 0 fully saturated rings. The van der Waals surface area contributed by atoms with Crippen molar-refractivity contribution < 1.29 is 0 Å². The lowest BCUT2D eigenvalue weighted by atomic mass is 10.1. The second kappa shape index (κ2) is 5.98. The van der Waals surface area contributed by atoms with E-state index in [2.05, 4.69) is 16.9 Å². The first kappa shape index (κ1) is 15.1. The van der Waals surface area contributed by atoms with E-state index in [1.54, 1.807) is 0 Å². The van der Waals surface area contributed by atoms with Gasteiger partial charge in [-0.1, -0.05) is 35.3 Å². The number of aryl methyl sites for hydroxylation is 2. The van der Waals surface area contributed by atoms with Crippen molar-refractivity contribution in [2.75, 3.05) is 11.9 Å². The second-order valence-electron chi connectivity index (χ2n) is 4.85. The molecule has 1 heterocycles. The lowest BCUT2D eigenvalue weighted by Gasteiger charge is -2.27. The number of benzene rings is 1. The van der Waals surface area contributed by atoms with Crippen LogP contribution in [0.15, 0.2) is 24.3 Å². The van der Waals surface area contributed by atoms with E-state index in [0.29, 0.717) is 11.0 Å². The molecule has 106 valence electrons. The Morgan fingerprint density at radius 3 is 2.40 bits per heavy atom. The number of anilines is 1. The van der Waals surface area contributed by atoms with Crippen LogP contribution in [0.1, 0.15) is 29.9 Å². The van der Waals surface area contributed by atoms with Crippen molar-refractivity contribution in [3.05, 3.63) is 51.4 Å². The van der Waals surface area contributed by atoms with Crippen molar-refractivity contribution in [2.45, 2.75) is 26.8 Å². The number of nitrogens with zero attached hydrogens (tertiary/aromatic N) is 3. The number of hydrogen-bond acceptors (Lipinski definition) is 3. The maximum atomic E-state index is 6.22. The fourth-order valence-electron chi connectivity index (χ4n) is 1.96. The zero-order valence-electron chi connectivity index (χ0n) is 12.0. The van der Waals surface area contributed by atoms with Gasteiger partial charge in [0.1, 0.15) is 0 Å². The van der Waals surface area contributed by atoms with Gasteiger partial charge >= 0.3 is 0 Å².